The number of nitrogens with two attached hydrogens (primary N) is 1. The van der Waals surface area contributed by atoms with Crippen molar-refractivity contribution in [3.05, 3.63) is 58.9 Å². The fourth-order valence-corrected chi connectivity index (χ4v) is 3.32. The molecule has 140 valence electrons. The van der Waals surface area contributed by atoms with Crippen molar-refractivity contribution < 1.29 is 9.18 Å². The molecule has 2 aromatic carbocycles. The van der Waals surface area contributed by atoms with Crippen molar-refractivity contribution in [3.63, 3.8) is 0 Å². The molecule has 3 rings (SSSR count). The smallest absolute Gasteiger partial charge is 0.237 e. The van der Waals surface area contributed by atoms with Gasteiger partial charge in [-0.1, -0.05) is 41.6 Å². The van der Waals surface area contributed by atoms with Gasteiger partial charge in [0.15, 0.2) is 5.82 Å². The summed E-state index contributed by atoms with van der Waals surface area (Å²) in [5.41, 5.74) is 1.67. The second-order valence-corrected chi connectivity index (χ2v) is 7.53. The minimum Gasteiger partial charge on any atom is -0.335 e. The Morgan fingerprint density at radius 1 is 1.26 bits per heavy atom. The van der Waals surface area contributed by atoms with Gasteiger partial charge in [-0.05, 0) is 43.7 Å². The summed E-state index contributed by atoms with van der Waals surface area (Å²) in [6.45, 7) is 3.55. The van der Waals surface area contributed by atoms with Gasteiger partial charge in [0.05, 0.1) is 10.8 Å². The zero-order valence-corrected chi connectivity index (χ0v) is 16.2. The lowest BCUT2D eigenvalue weighted by atomic mass is 10.2. The molecule has 0 aliphatic heterocycles. The van der Waals surface area contributed by atoms with E-state index in [2.05, 4.69) is 15.5 Å². The van der Waals surface area contributed by atoms with Crippen LogP contribution in [0.1, 0.15) is 12.5 Å². The van der Waals surface area contributed by atoms with Gasteiger partial charge in [0.2, 0.25) is 11.1 Å². The quantitative estimate of drug-likeness (QED) is 0.497. The number of carbonyl (C=O) groups is 1. The van der Waals surface area contributed by atoms with E-state index in [1.807, 2.05) is 6.92 Å². The number of halogens is 2. The summed E-state index contributed by atoms with van der Waals surface area (Å²) in [6.07, 6.45) is 0. The minimum absolute atomic E-state index is 0.189. The molecule has 0 fully saturated rings. The number of carbonyl (C=O) groups excluding carboxylic acids is 1. The number of amides is 1. The molecule has 1 heterocycles. The van der Waals surface area contributed by atoms with Crippen molar-refractivity contribution in [1.82, 2.24) is 14.9 Å². The maximum atomic E-state index is 13.9. The zero-order valence-electron chi connectivity index (χ0n) is 14.6. The zero-order chi connectivity index (χ0) is 19.6. The number of hydrogen-bond acceptors (Lipinski definition) is 5. The van der Waals surface area contributed by atoms with E-state index in [9.17, 15) is 9.18 Å². The highest BCUT2D eigenvalue weighted by molar-refractivity contribution is 8.00. The van der Waals surface area contributed by atoms with Crippen LogP contribution in [0.15, 0.2) is 47.6 Å². The Morgan fingerprint density at radius 2 is 2.00 bits per heavy atom. The van der Waals surface area contributed by atoms with Crippen molar-refractivity contribution in [1.29, 1.82) is 0 Å². The number of nitrogens with one attached hydrogen (secondary N) is 1. The molecule has 0 saturated carbocycles. The molecule has 0 radical (unpaired) electrons. The number of rotatable bonds is 5. The van der Waals surface area contributed by atoms with E-state index in [1.54, 1.807) is 43.3 Å². The number of thioether (sulfide) groups is 1. The maximum absolute atomic E-state index is 13.9. The molecule has 0 bridgehead atoms. The van der Waals surface area contributed by atoms with E-state index in [0.717, 1.165) is 17.3 Å². The molecule has 1 amide bonds. The Hall–Kier alpha value is -2.58. The topological polar surface area (TPSA) is 85.8 Å². The highest BCUT2D eigenvalue weighted by Gasteiger charge is 2.21. The van der Waals surface area contributed by atoms with Gasteiger partial charge in [-0.15, -0.1) is 10.2 Å². The maximum Gasteiger partial charge on any atom is 0.237 e. The van der Waals surface area contributed by atoms with Crippen LogP contribution >= 0.6 is 23.4 Å². The van der Waals surface area contributed by atoms with Crippen LogP contribution in [0.3, 0.4) is 0 Å². The van der Waals surface area contributed by atoms with Crippen LogP contribution < -0.4 is 11.2 Å². The van der Waals surface area contributed by atoms with Gasteiger partial charge in [0.25, 0.3) is 0 Å². The van der Waals surface area contributed by atoms with Crippen LogP contribution in [0, 0.1) is 12.7 Å². The molecule has 1 aromatic heterocycles. The second-order valence-electron chi connectivity index (χ2n) is 5.82. The number of nitrogens with zero attached hydrogens (tertiary/aromatic N) is 3. The lowest BCUT2D eigenvalue weighted by Gasteiger charge is -2.13. The summed E-state index contributed by atoms with van der Waals surface area (Å²) in [4.78, 5) is 12.5. The number of anilines is 1. The van der Waals surface area contributed by atoms with Crippen molar-refractivity contribution in [2.45, 2.75) is 24.3 Å². The van der Waals surface area contributed by atoms with Crippen LogP contribution in [0.4, 0.5) is 10.1 Å². The third-order valence-electron chi connectivity index (χ3n) is 3.96. The predicted octanol–water partition coefficient (Wildman–Crippen LogP) is 3.88. The summed E-state index contributed by atoms with van der Waals surface area (Å²) < 4.78 is 15.1. The first-order valence-corrected chi connectivity index (χ1v) is 9.32. The largest absolute Gasteiger partial charge is 0.335 e. The van der Waals surface area contributed by atoms with Crippen LogP contribution in [0.5, 0.6) is 0 Å². The number of benzene rings is 2. The van der Waals surface area contributed by atoms with Gasteiger partial charge in [0, 0.05) is 10.7 Å². The normalized spacial score (nSPS) is 12.0. The molecule has 9 heteroatoms. The van der Waals surface area contributed by atoms with Crippen LogP contribution in [0.25, 0.3) is 11.4 Å². The molecular weight excluding hydrogens is 389 g/mol. The molecular formula is C18H17ClFN5OS. The number of hydrogen-bond donors (Lipinski definition) is 2. The summed E-state index contributed by atoms with van der Waals surface area (Å²) in [7, 11) is 0. The molecule has 3 aromatic rings. The lowest BCUT2D eigenvalue weighted by Crippen LogP contribution is -2.24. The molecule has 0 aliphatic rings. The van der Waals surface area contributed by atoms with E-state index in [1.165, 1.54) is 10.7 Å². The van der Waals surface area contributed by atoms with Gasteiger partial charge in [-0.2, -0.15) is 0 Å². The fourth-order valence-electron chi connectivity index (χ4n) is 2.37. The van der Waals surface area contributed by atoms with Gasteiger partial charge < -0.3 is 11.2 Å². The highest BCUT2D eigenvalue weighted by Crippen LogP contribution is 2.28. The monoisotopic (exact) mass is 405 g/mol. The Morgan fingerprint density at radius 3 is 2.74 bits per heavy atom. The molecule has 0 saturated heterocycles. The van der Waals surface area contributed by atoms with Crippen molar-refractivity contribution in [2.24, 2.45) is 0 Å². The van der Waals surface area contributed by atoms with Gasteiger partial charge >= 0.3 is 0 Å². The summed E-state index contributed by atoms with van der Waals surface area (Å²) >= 11 is 7.20. The second kappa shape index (κ2) is 7.98. The third-order valence-corrected chi connectivity index (χ3v) is 5.42. The van der Waals surface area contributed by atoms with E-state index >= 15 is 0 Å². The average molecular weight is 406 g/mol. The van der Waals surface area contributed by atoms with E-state index in [4.69, 9.17) is 17.4 Å². The highest BCUT2D eigenvalue weighted by atomic mass is 35.5. The first-order valence-electron chi connectivity index (χ1n) is 8.06. The van der Waals surface area contributed by atoms with E-state index in [-0.39, 0.29) is 17.3 Å². The van der Waals surface area contributed by atoms with Crippen LogP contribution in [-0.2, 0) is 4.79 Å². The molecule has 6 nitrogen and oxygen atoms in total. The minimum atomic E-state index is -0.511. The Kier molecular flexibility index (Phi) is 5.67. The predicted molar refractivity (Wildman–Crippen MR) is 106 cm³/mol. The SMILES string of the molecule is Cc1c(Cl)cccc1NC(=O)[C@@H](C)Sc1nnc(-c2ccccc2F)n1N. The van der Waals surface area contributed by atoms with Crippen molar-refractivity contribution in [2.75, 3.05) is 11.2 Å². The van der Waals surface area contributed by atoms with E-state index < -0.39 is 11.1 Å². The van der Waals surface area contributed by atoms with Gasteiger partial charge in [-0.3, -0.25) is 4.79 Å². The Labute approximate surface area is 164 Å². The number of nitrogen functional groups attached to an aromatic ring is 1. The van der Waals surface area contributed by atoms with E-state index in [0.29, 0.717) is 15.9 Å². The Bertz CT molecular complexity index is 994. The summed E-state index contributed by atoms with van der Waals surface area (Å²) in [6, 6.07) is 11.4. The van der Waals surface area contributed by atoms with Crippen LogP contribution in [0.2, 0.25) is 5.02 Å². The summed E-state index contributed by atoms with van der Waals surface area (Å²) in [5.74, 6) is 5.51. The average Bonchev–Trinajstić information content (AvgIpc) is 3.00. The van der Waals surface area contributed by atoms with Gasteiger partial charge in [0.1, 0.15) is 5.82 Å². The van der Waals surface area contributed by atoms with Crippen molar-refractivity contribution in [3.8, 4) is 11.4 Å². The number of aromatic nitrogens is 3. The van der Waals surface area contributed by atoms with Crippen molar-refractivity contribution >= 4 is 35.0 Å². The molecule has 0 spiro atoms. The molecule has 27 heavy (non-hydrogen) atoms. The molecule has 1 atom stereocenters. The Balaban J connectivity index is 1.75. The first kappa shape index (κ1) is 19.2. The van der Waals surface area contributed by atoms with Gasteiger partial charge in [-0.25, -0.2) is 9.07 Å². The molecule has 0 unspecified atom stereocenters. The lowest BCUT2D eigenvalue weighted by molar-refractivity contribution is -0.115. The fraction of sp³-hybridized carbons (Fsp3) is 0.167. The summed E-state index contributed by atoms with van der Waals surface area (Å²) in [5, 5.41) is 11.1. The standard InChI is InChI=1S/C18H17ClFN5OS/c1-10-13(19)7-5-9-15(10)22-17(26)11(2)27-18-24-23-16(25(18)21)12-6-3-4-8-14(12)20/h3-9,11H,21H2,1-2H3,(H,22,26)/t11-/m1/s1. The molecule has 3 N–H and O–H groups in total. The van der Waals surface area contributed by atoms with Crippen LogP contribution in [-0.4, -0.2) is 26.0 Å². The first-order chi connectivity index (χ1) is 12.9. The molecule has 0 aliphatic carbocycles. The third kappa shape index (κ3) is 4.06.